The van der Waals surface area contributed by atoms with Crippen molar-refractivity contribution in [2.45, 2.75) is 13.5 Å². The Balaban J connectivity index is 2.10. The fourth-order valence-electron chi connectivity index (χ4n) is 1.62. The van der Waals surface area contributed by atoms with E-state index < -0.39 is 0 Å². The first-order valence-electron chi connectivity index (χ1n) is 5.42. The molecule has 0 saturated heterocycles. The monoisotopic (exact) mass is 229 g/mol. The maximum Gasteiger partial charge on any atom is 0.161 e. The number of rotatable bonds is 3. The first kappa shape index (κ1) is 11.3. The van der Waals surface area contributed by atoms with Crippen molar-refractivity contribution in [1.82, 2.24) is 0 Å². The van der Waals surface area contributed by atoms with E-state index in [1.165, 1.54) is 0 Å². The minimum atomic E-state index is 0.153. The molecule has 0 radical (unpaired) electrons. The van der Waals surface area contributed by atoms with E-state index in [4.69, 9.17) is 10.5 Å². The highest BCUT2D eigenvalue weighted by Crippen LogP contribution is 2.25. The Kier molecular flexibility index (Phi) is 3.19. The van der Waals surface area contributed by atoms with Crippen molar-refractivity contribution in [3.8, 4) is 11.5 Å². The summed E-state index contributed by atoms with van der Waals surface area (Å²) in [7, 11) is 0. The number of anilines is 1. The lowest BCUT2D eigenvalue weighted by Gasteiger charge is -2.10. The normalized spacial score (nSPS) is 10.2. The number of para-hydroxylation sites is 2. The highest BCUT2D eigenvalue weighted by Gasteiger charge is 2.03. The van der Waals surface area contributed by atoms with E-state index in [-0.39, 0.29) is 5.75 Å². The Morgan fingerprint density at radius 3 is 2.65 bits per heavy atom. The van der Waals surface area contributed by atoms with Crippen LogP contribution in [0.1, 0.15) is 11.1 Å². The van der Waals surface area contributed by atoms with Crippen molar-refractivity contribution in [3.05, 3.63) is 53.6 Å². The van der Waals surface area contributed by atoms with Gasteiger partial charge in [-0.3, -0.25) is 0 Å². The van der Waals surface area contributed by atoms with E-state index in [9.17, 15) is 5.11 Å². The molecule has 0 aromatic heterocycles. The van der Waals surface area contributed by atoms with Crippen molar-refractivity contribution in [2.24, 2.45) is 0 Å². The second kappa shape index (κ2) is 4.78. The van der Waals surface area contributed by atoms with E-state index >= 15 is 0 Å². The van der Waals surface area contributed by atoms with E-state index in [0.717, 1.165) is 16.8 Å². The summed E-state index contributed by atoms with van der Waals surface area (Å²) in [5.41, 5.74) is 8.56. The molecule has 0 heterocycles. The number of hydrogen-bond acceptors (Lipinski definition) is 3. The first-order valence-corrected chi connectivity index (χ1v) is 5.42. The molecule has 0 unspecified atom stereocenters. The van der Waals surface area contributed by atoms with Crippen LogP contribution in [0.25, 0.3) is 0 Å². The lowest BCUT2D eigenvalue weighted by atomic mass is 10.1. The summed E-state index contributed by atoms with van der Waals surface area (Å²) in [6.45, 7) is 2.41. The number of hydrogen-bond donors (Lipinski definition) is 2. The summed E-state index contributed by atoms with van der Waals surface area (Å²) in [4.78, 5) is 0. The number of aryl methyl sites for hydroxylation is 1. The van der Waals surface area contributed by atoms with Crippen LogP contribution in [-0.2, 0) is 6.61 Å². The van der Waals surface area contributed by atoms with Gasteiger partial charge in [0, 0.05) is 5.69 Å². The largest absolute Gasteiger partial charge is 0.504 e. The molecule has 0 aliphatic carbocycles. The van der Waals surface area contributed by atoms with Gasteiger partial charge in [0.15, 0.2) is 11.5 Å². The van der Waals surface area contributed by atoms with E-state index in [0.29, 0.717) is 12.4 Å². The zero-order valence-corrected chi connectivity index (χ0v) is 9.68. The van der Waals surface area contributed by atoms with Crippen LogP contribution in [0.3, 0.4) is 0 Å². The zero-order valence-electron chi connectivity index (χ0n) is 9.68. The Morgan fingerprint density at radius 2 is 1.94 bits per heavy atom. The molecule has 0 bridgehead atoms. The molecule has 3 N–H and O–H groups in total. The fourth-order valence-corrected chi connectivity index (χ4v) is 1.62. The van der Waals surface area contributed by atoms with Gasteiger partial charge in [0.1, 0.15) is 6.61 Å². The predicted molar refractivity (Wildman–Crippen MR) is 68.0 cm³/mol. The van der Waals surface area contributed by atoms with Gasteiger partial charge in [0.25, 0.3) is 0 Å². The third-order valence-electron chi connectivity index (χ3n) is 2.62. The van der Waals surface area contributed by atoms with Crippen molar-refractivity contribution in [2.75, 3.05) is 5.73 Å². The van der Waals surface area contributed by atoms with Crippen molar-refractivity contribution in [1.29, 1.82) is 0 Å². The van der Waals surface area contributed by atoms with Gasteiger partial charge < -0.3 is 15.6 Å². The third-order valence-corrected chi connectivity index (χ3v) is 2.62. The van der Waals surface area contributed by atoms with Gasteiger partial charge in [0.05, 0.1) is 0 Å². The van der Waals surface area contributed by atoms with Gasteiger partial charge in [-0.15, -0.1) is 0 Å². The maximum absolute atomic E-state index is 9.56. The average molecular weight is 229 g/mol. The molecule has 3 heteroatoms. The number of phenolic OH excluding ortho intramolecular Hbond substituents is 1. The topological polar surface area (TPSA) is 55.5 Å². The molecule has 17 heavy (non-hydrogen) atoms. The van der Waals surface area contributed by atoms with Crippen LogP contribution in [0.5, 0.6) is 11.5 Å². The molecule has 2 rings (SSSR count). The van der Waals surface area contributed by atoms with E-state index in [2.05, 4.69) is 0 Å². The molecule has 0 amide bonds. The molecule has 0 aliphatic rings. The predicted octanol–water partition coefficient (Wildman–Crippen LogP) is 2.86. The Hall–Kier alpha value is -2.16. The molecule has 0 atom stereocenters. The molecular weight excluding hydrogens is 214 g/mol. The summed E-state index contributed by atoms with van der Waals surface area (Å²) < 4.78 is 5.55. The molecule has 0 saturated carbocycles. The number of benzene rings is 2. The summed E-state index contributed by atoms with van der Waals surface area (Å²) in [6.07, 6.45) is 0. The van der Waals surface area contributed by atoms with Gasteiger partial charge in [-0.05, 0) is 42.3 Å². The highest BCUT2D eigenvalue weighted by molar-refractivity contribution is 5.44. The van der Waals surface area contributed by atoms with Crippen molar-refractivity contribution >= 4 is 5.69 Å². The van der Waals surface area contributed by atoms with Gasteiger partial charge in [-0.2, -0.15) is 0 Å². The number of ether oxygens (including phenoxy) is 1. The highest BCUT2D eigenvalue weighted by atomic mass is 16.5. The smallest absolute Gasteiger partial charge is 0.161 e. The Morgan fingerprint density at radius 1 is 1.18 bits per heavy atom. The second-order valence-corrected chi connectivity index (χ2v) is 3.94. The summed E-state index contributed by atoms with van der Waals surface area (Å²) >= 11 is 0. The Bertz CT molecular complexity index is 523. The standard InChI is InChI=1S/C14H15NO2/c1-10-8-12(15)7-6-11(10)9-17-14-5-3-2-4-13(14)16/h2-8,16H,9,15H2,1H3. The molecule has 0 fully saturated rings. The molecule has 2 aromatic rings. The van der Waals surface area contributed by atoms with Crippen LogP contribution in [-0.4, -0.2) is 5.11 Å². The lowest BCUT2D eigenvalue weighted by Crippen LogP contribution is -1.99. The number of nitrogens with two attached hydrogens (primary N) is 1. The second-order valence-electron chi connectivity index (χ2n) is 3.94. The van der Waals surface area contributed by atoms with Crippen LogP contribution < -0.4 is 10.5 Å². The minimum absolute atomic E-state index is 0.153. The number of phenols is 1. The summed E-state index contributed by atoms with van der Waals surface area (Å²) in [5, 5.41) is 9.56. The van der Waals surface area contributed by atoms with Crippen LogP contribution >= 0.6 is 0 Å². The molecular formula is C14H15NO2. The quantitative estimate of drug-likeness (QED) is 0.796. The van der Waals surface area contributed by atoms with Gasteiger partial charge in [0.2, 0.25) is 0 Å². The zero-order chi connectivity index (χ0) is 12.3. The Labute approximate surface area is 100 Å². The van der Waals surface area contributed by atoms with Crippen LogP contribution in [0, 0.1) is 6.92 Å². The summed E-state index contributed by atoms with van der Waals surface area (Å²) in [5.74, 6) is 0.643. The molecule has 0 spiro atoms. The van der Waals surface area contributed by atoms with Crippen LogP contribution in [0.15, 0.2) is 42.5 Å². The lowest BCUT2D eigenvalue weighted by molar-refractivity contribution is 0.288. The average Bonchev–Trinajstić information content (AvgIpc) is 2.30. The maximum atomic E-state index is 9.56. The number of aromatic hydroxyl groups is 1. The van der Waals surface area contributed by atoms with E-state index in [1.54, 1.807) is 18.2 Å². The van der Waals surface area contributed by atoms with Gasteiger partial charge in [-0.1, -0.05) is 18.2 Å². The number of nitrogen functional groups attached to an aromatic ring is 1. The van der Waals surface area contributed by atoms with Gasteiger partial charge in [-0.25, -0.2) is 0 Å². The van der Waals surface area contributed by atoms with Crippen LogP contribution in [0.4, 0.5) is 5.69 Å². The van der Waals surface area contributed by atoms with Crippen molar-refractivity contribution in [3.63, 3.8) is 0 Å². The van der Waals surface area contributed by atoms with Gasteiger partial charge >= 0.3 is 0 Å². The molecule has 2 aromatic carbocycles. The third kappa shape index (κ3) is 2.69. The fraction of sp³-hybridized carbons (Fsp3) is 0.143. The van der Waals surface area contributed by atoms with Crippen molar-refractivity contribution < 1.29 is 9.84 Å². The molecule has 3 nitrogen and oxygen atoms in total. The SMILES string of the molecule is Cc1cc(N)ccc1COc1ccccc1O. The minimum Gasteiger partial charge on any atom is -0.504 e. The first-order chi connectivity index (χ1) is 8.16. The summed E-state index contributed by atoms with van der Waals surface area (Å²) in [6, 6.07) is 12.6. The van der Waals surface area contributed by atoms with Crippen LogP contribution in [0.2, 0.25) is 0 Å². The molecule has 0 aliphatic heterocycles. The molecule has 88 valence electrons. The van der Waals surface area contributed by atoms with E-state index in [1.807, 2.05) is 31.2 Å².